The van der Waals surface area contributed by atoms with Gasteiger partial charge in [-0.25, -0.2) is 4.98 Å². The largest absolute Gasteiger partial charge is 0.378 e. The standard InChI is InChI=1S/C27H35N5O2/c1-17-8-11-22-19(14-17)15-21(27-30-25(31-34-27)18-9-10-18)26(29-22)32-13-12-23(24(16-32)33-2)28-20-6-4-3-5-7-20/h8,11,14-15,18,20,23-24,28H,3-7,9-10,12-13,16H2,1-2H3. The highest BCUT2D eigenvalue weighted by molar-refractivity contribution is 5.88. The van der Waals surface area contributed by atoms with E-state index in [9.17, 15) is 0 Å². The average Bonchev–Trinajstić information content (AvgIpc) is 3.60. The lowest BCUT2D eigenvalue weighted by Crippen LogP contribution is -2.56. The number of aromatic nitrogens is 3. The predicted octanol–water partition coefficient (Wildman–Crippen LogP) is 4.99. The number of ether oxygens (including phenoxy) is 1. The van der Waals surface area contributed by atoms with Gasteiger partial charge in [0, 0.05) is 43.6 Å². The van der Waals surface area contributed by atoms with Crippen LogP contribution in [-0.4, -0.2) is 53.5 Å². The molecule has 3 fully saturated rings. The molecule has 1 saturated heterocycles. The minimum Gasteiger partial charge on any atom is -0.378 e. The number of piperidine rings is 1. The first-order valence-corrected chi connectivity index (χ1v) is 13.0. The second-order valence-corrected chi connectivity index (χ2v) is 10.4. The summed E-state index contributed by atoms with van der Waals surface area (Å²) in [5.74, 6) is 2.77. The number of rotatable bonds is 6. The smallest absolute Gasteiger partial charge is 0.261 e. The monoisotopic (exact) mass is 461 g/mol. The number of nitrogens with zero attached hydrogens (tertiary/aromatic N) is 4. The molecule has 3 heterocycles. The van der Waals surface area contributed by atoms with Gasteiger partial charge in [0.05, 0.1) is 17.2 Å². The van der Waals surface area contributed by atoms with Crippen molar-refractivity contribution in [3.05, 3.63) is 35.7 Å². The van der Waals surface area contributed by atoms with E-state index in [0.717, 1.165) is 60.5 Å². The van der Waals surface area contributed by atoms with Crippen LogP contribution in [0.1, 0.15) is 68.7 Å². The number of hydrogen-bond donors (Lipinski definition) is 1. The number of fused-ring (bicyclic) bond motifs is 1. The number of nitrogens with one attached hydrogen (secondary N) is 1. The first-order valence-electron chi connectivity index (χ1n) is 13.0. The molecule has 7 nitrogen and oxygen atoms in total. The maximum Gasteiger partial charge on any atom is 0.261 e. The zero-order valence-electron chi connectivity index (χ0n) is 20.3. The summed E-state index contributed by atoms with van der Waals surface area (Å²) < 4.78 is 11.8. The van der Waals surface area contributed by atoms with Crippen molar-refractivity contribution in [1.29, 1.82) is 0 Å². The number of anilines is 1. The van der Waals surface area contributed by atoms with Crippen LogP contribution in [0.25, 0.3) is 22.4 Å². The van der Waals surface area contributed by atoms with E-state index in [0.29, 0.717) is 23.9 Å². The Morgan fingerprint density at radius 1 is 1.03 bits per heavy atom. The highest BCUT2D eigenvalue weighted by Gasteiger charge is 2.34. The molecule has 34 heavy (non-hydrogen) atoms. The van der Waals surface area contributed by atoms with Crippen molar-refractivity contribution >= 4 is 16.7 Å². The Labute approximate surface area is 201 Å². The van der Waals surface area contributed by atoms with E-state index >= 15 is 0 Å². The fraction of sp³-hybridized carbons (Fsp3) is 0.593. The molecule has 2 aliphatic carbocycles. The molecule has 0 spiro atoms. The molecular formula is C27H35N5O2. The first kappa shape index (κ1) is 22.0. The minimum absolute atomic E-state index is 0.115. The van der Waals surface area contributed by atoms with E-state index < -0.39 is 0 Å². The SMILES string of the molecule is COC1CN(c2nc3ccc(C)cc3cc2-c2nc(C3CC3)no2)CCC1NC1CCCCC1. The zero-order chi connectivity index (χ0) is 23.1. The first-order chi connectivity index (χ1) is 16.7. The molecule has 1 aliphatic heterocycles. The molecule has 0 bridgehead atoms. The summed E-state index contributed by atoms with van der Waals surface area (Å²) in [6.07, 6.45) is 10.1. The third-order valence-corrected chi connectivity index (χ3v) is 7.78. The van der Waals surface area contributed by atoms with Gasteiger partial charge in [-0.2, -0.15) is 4.98 Å². The summed E-state index contributed by atoms with van der Waals surface area (Å²) in [5.41, 5.74) is 3.12. The quantitative estimate of drug-likeness (QED) is 0.554. The van der Waals surface area contributed by atoms with Gasteiger partial charge in [0.2, 0.25) is 0 Å². The Morgan fingerprint density at radius 2 is 1.88 bits per heavy atom. The van der Waals surface area contributed by atoms with Gasteiger partial charge in [0.15, 0.2) is 5.82 Å². The summed E-state index contributed by atoms with van der Waals surface area (Å²) in [7, 11) is 1.83. The Hall–Kier alpha value is -2.51. The van der Waals surface area contributed by atoms with Crippen LogP contribution in [0.4, 0.5) is 5.82 Å². The molecule has 2 atom stereocenters. The number of benzene rings is 1. The van der Waals surface area contributed by atoms with Crippen LogP contribution in [0.3, 0.4) is 0 Å². The van der Waals surface area contributed by atoms with Gasteiger partial charge in [0.1, 0.15) is 5.82 Å². The van der Waals surface area contributed by atoms with Crippen LogP contribution in [0.15, 0.2) is 28.8 Å². The summed E-state index contributed by atoms with van der Waals surface area (Å²) in [6.45, 7) is 3.82. The van der Waals surface area contributed by atoms with Crippen LogP contribution in [0.2, 0.25) is 0 Å². The topological polar surface area (TPSA) is 76.3 Å². The van der Waals surface area contributed by atoms with Gasteiger partial charge in [0.25, 0.3) is 5.89 Å². The highest BCUT2D eigenvalue weighted by Crippen LogP contribution is 2.40. The maximum absolute atomic E-state index is 6.01. The van der Waals surface area contributed by atoms with Crippen LogP contribution in [-0.2, 0) is 4.74 Å². The van der Waals surface area contributed by atoms with Gasteiger partial charge in [-0.1, -0.05) is 36.0 Å². The van der Waals surface area contributed by atoms with Crippen molar-refractivity contribution in [3.63, 3.8) is 0 Å². The van der Waals surface area contributed by atoms with Crippen molar-refractivity contribution in [2.24, 2.45) is 0 Å². The third-order valence-electron chi connectivity index (χ3n) is 7.78. The van der Waals surface area contributed by atoms with E-state index in [1.165, 1.54) is 37.7 Å². The van der Waals surface area contributed by atoms with Crippen LogP contribution < -0.4 is 10.2 Å². The Balaban J connectivity index is 1.31. The van der Waals surface area contributed by atoms with Crippen molar-refractivity contribution in [2.45, 2.75) is 82.4 Å². The van der Waals surface area contributed by atoms with Crippen molar-refractivity contribution in [2.75, 3.05) is 25.1 Å². The molecule has 1 N–H and O–H groups in total. The Kier molecular flexibility index (Phi) is 5.99. The normalized spacial score (nSPS) is 24.1. The second kappa shape index (κ2) is 9.27. The summed E-state index contributed by atoms with van der Waals surface area (Å²) in [6, 6.07) is 9.57. The molecule has 0 amide bonds. The lowest BCUT2D eigenvalue weighted by Gasteiger charge is -2.41. The van der Waals surface area contributed by atoms with Crippen LogP contribution in [0, 0.1) is 6.92 Å². The van der Waals surface area contributed by atoms with Crippen molar-refractivity contribution in [1.82, 2.24) is 20.4 Å². The fourth-order valence-corrected chi connectivity index (χ4v) is 5.65. The zero-order valence-corrected chi connectivity index (χ0v) is 20.3. The van der Waals surface area contributed by atoms with E-state index in [4.69, 9.17) is 19.2 Å². The number of methoxy groups -OCH3 is 1. The van der Waals surface area contributed by atoms with Crippen LogP contribution >= 0.6 is 0 Å². The van der Waals surface area contributed by atoms with Gasteiger partial charge in [-0.15, -0.1) is 0 Å². The Bertz CT molecular complexity index is 1150. The van der Waals surface area contributed by atoms with Gasteiger partial charge in [-0.3, -0.25) is 0 Å². The molecule has 1 aromatic carbocycles. The molecule has 6 rings (SSSR count). The molecule has 2 aromatic heterocycles. The lowest BCUT2D eigenvalue weighted by atomic mass is 9.92. The molecule has 0 radical (unpaired) electrons. The molecule has 3 aromatic rings. The number of hydrogen-bond acceptors (Lipinski definition) is 7. The van der Waals surface area contributed by atoms with Gasteiger partial charge < -0.3 is 19.5 Å². The molecule has 180 valence electrons. The molecule has 2 saturated carbocycles. The highest BCUT2D eigenvalue weighted by atomic mass is 16.5. The molecule has 2 unspecified atom stereocenters. The van der Waals surface area contributed by atoms with E-state index in [2.05, 4.69) is 46.6 Å². The Morgan fingerprint density at radius 3 is 2.68 bits per heavy atom. The van der Waals surface area contributed by atoms with Gasteiger partial charge in [-0.05, 0) is 57.2 Å². The summed E-state index contributed by atoms with van der Waals surface area (Å²) in [4.78, 5) is 12.2. The van der Waals surface area contributed by atoms with E-state index in [-0.39, 0.29) is 6.10 Å². The average molecular weight is 462 g/mol. The summed E-state index contributed by atoms with van der Waals surface area (Å²) >= 11 is 0. The van der Waals surface area contributed by atoms with E-state index in [1.807, 2.05) is 7.11 Å². The number of aryl methyl sites for hydroxylation is 1. The number of pyridine rings is 1. The van der Waals surface area contributed by atoms with Crippen molar-refractivity contribution < 1.29 is 9.26 Å². The maximum atomic E-state index is 6.01. The van der Waals surface area contributed by atoms with Gasteiger partial charge >= 0.3 is 0 Å². The molecule has 7 heteroatoms. The van der Waals surface area contributed by atoms with E-state index in [1.54, 1.807) is 0 Å². The third kappa shape index (κ3) is 4.43. The molecule has 3 aliphatic rings. The lowest BCUT2D eigenvalue weighted by molar-refractivity contribution is 0.0534. The molecular weight excluding hydrogens is 426 g/mol. The van der Waals surface area contributed by atoms with Crippen LogP contribution in [0.5, 0.6) is 0 Å². The second-order valence-electron chi connectivity index (χ2n) is 10.4. The fourth-order valence-electron chi connectivity index (χ4n) is 5.65. The predicted molar refractivity (Wildman–Crippen MR) is 133 cm³/mol. The minimum atomic E-state index is 0.115. The summed E-state index contributed by atoms with van der Waals surface area (Å²) in [5, 5.41) is 9.30. The van der Waals surface area contributed by atoms with Crippen molar-refractivity contribution in [3.8, 4) is 11.5 Å².